The SMILES string of the molecule is O=S(=O)(/C=C/c1ccc(Cl)cc1)Nc1cccnc1. The van der Waals surface area contributed by atoms with Gasteiger partial charge < -0.3 is 0 Å². The molecule has 1 aromatic heterocycles. The first kappa shape index (κ1) is 13.6. The molecule has 0 unspecified atom stereocenters. The Labute approximate surface area is 116 Å². The van der Waals surface area contributed by atoms with Gasteiger partial charge in [0.25, 0.3) is 10.0 Å². The molecule has 0 saturated carbocycles. The highest BCUT2D eigenvalue weighted by molar-refractivity contribution is 7.95. The molecule has 1 aromatic carbocycles. The van der Waals surface area contributed by atoms with E-state index in [9.17, 15) is 8.42 Å². The van der Waals surface area contributed by atoms with Crippen molar-refractivity contribution < 1.29 is 8.42 Å². The van der Waals surface area contributed by atoms with Crippen molar-refractivity contribution in [3.05, 3.63) is 64.8 Å². The lowest BCUT2D eigenvalue weighted by Crippen LogP contribution is -2.08. The van der Waals surface area contributed by atoms with E-state index in [0.29, 0.717) is 10.7 Å². The van der Waals surface area contributed by atoms with Crippen LogP contribution in [0.1, 0.15) is 5.56 Å². The summed E-state index contributed by atoms with van der Waals surface area (Å²) in [5.41, 5.74) is 1.17. The summed E-state index contributed by atoms with van der Waals surface area (Å²) in [6.45, 7) is 0. The number of rotatable bonds is 4. The van der Waals surface area contributed by atoms with Gasteiger partial charge in [0.1, 0.15) is 0 Å². The maximum Gasteiger partial charge on any atom is 0.255 e. The zero-order chi connectivity index (χ0) is 13.7. The summed E-state index contributed by atoms with van der Waals surface area (Å²) in [4.78, 5) is 3.83. The molecule has 0 atom stereocenters. The highest BCUT2D eigenvalue weighted by Crippen LogP contribution is 2.12. The van der Waals surface area contributed by atoms with Gasteiger partial charge in [0.2, 0.25) is 0 Å². The average Bonchev–Trinajstić information content (AvgIpc) is 2.39. The number of aromatic nitrogens is 1. The van der Waals surface area contributed by atoms with E-state index in [0.717, 1.165) is 11.0 Å². The molecule has 19 heavy (non-hydrogen) atoms. The average molecular weight is 295 g/mol. The summed E-state index contributed by atoms with van der Waals surface area (Å²) < 4.78 is 26.0. The maximum atomic E-state index is 11.8. The normalized spacial score (nSPS) is 11.6. The van der Waals surface area contributed by atoms with Crippen molar-refractivity contribution in [3.63, 3.8) is 0 Å². The van der Waals surface area contributed by atoms with E-state index >= 15 is 0 Å². The molecule has 0 amide bonds. The Balaban J connectivity index is 2.11. The molecular formula is C13H11ClN2O2S. The number of nitrogens with zero attached hydrogens (tertiary/aromatic N) is 1. The van der Waals surface area contributed by atoms with Crippen molar-refractivity contribution in [3.8, 4) is 0 Å². The molecule has 1 N–H and O–H groups in total. The minimum atomic E-state index is -3.55. The van der Waals surface area contributed by atoms with Crippen LogP contribution in [0.15, 0.2) is 54.2 Å². The van der Waals surface area contributed by atoms with Crippen molar-refractivity contribution in [2.75, 3.05) is 4.72 Å². The molecule has 6 heteroatoms. The van der Waals surface area contributed by atoms with E-state index < -0.39 is 10.0 Å². The maximum absolute atomic E-state index is 11.8. The van der Waals surface area contributed by atoms with Crippen LogP contribution >= 0.6 is 11.6 Å². The lowest BCUT2D eigenvalue weighted by molar-refractivity contribution is 0.609. The number of benzene rings is 1. The summed E-state index contributed by atoms with van der Waals surface area (Å²) in [5, 5.41) is 1.71. The van der Waals surface area contributed by atoms with Crippen molar-refractivity contribution in [1.82, 2.24) is 4.98 Å². The number of halogens is 1. The van der Waals surface area contributed by atoms with Crippen LogP contribution in [-0.4, -0.2) is 13.4 Å². The molecule has 0 spiro atoms. The molecule has 0 bridgehead atoms. The standard InChI is InChI=1S/C13H11ClN2O2S/c14-12-5-3-11(4-6-12)7-9-19(17,18)16-13-2-1-8-15-10-13/h1-10,16H/b9-7+. The fourth-order valence-corrected chi connectivity index (χ4v) is 2.34. The van der Waals surface area contributed by atoms with Gasteiger partial charge in [-0.25, -0.2) is 8.42 Å². The Morgan fingerprint density at radius 1 is 1.16 bits per heavy atom. The molecule has 0 fully saturated rings. The minimum Gasteiger partial charge on any atom is -0.279 e. The van der Waals surface area contributed by atoms with Gasteiger partial charge in [-0.2, -0.15) is 0 Å². The van der Waals surface area contributed by atoms with Gasteiger partial charge in [0.05, 0.1) is 17.3 Å². The van der Waals surface area contributed by atoms with Gasteiger partial charge in [-0.3, -0.25) is 9.71 Å². The summed E-state index contributed by atoms with van der Waals surface area (Å²) >= 11 is 5.75. The van der Waals surface area contributed by atoms with Crippen molar-refractivity contribution >= 4 is 33.4 Å². The van der Waals surface area contributed by atoms with E-state index in [1.54, 1.807) is 42.6 Å². The van der Waals surface area contributed by atoms with Crippen LogP contribution in [0.3, 0.4) is 0 Å². The second kappa shape index (κ2) is 5.86. The summed E-state index contributed by atoms with van der Waals surface area (Å²) in [6, 6.07) is 10.1. The van der Waals surface area contributed by atoms with Crippen LogP contribution < -0.4 is 4.72 Å². The van der Waals surface area contributed by atoms with E-state index in [1.165, 1.54) is 12.3 Å². The molecule has 4 nitrogen and oxygen atoms in total. The van der Waals surface area contributed by atoms with Gasteiger partial charge in [0.15, 0.2) is 0 Å². The van der Waals surface area contributed by atoms with Crippen molar-refractivity contribution in [2.45, 2.75) is 0 Å². The Morgan fingerprint density at radius 2 is 1.89 bits per heavy atom. The van der Waals surface area contributed by atoms with Crippen LogP contribution in [0.25, 0.3) is 6.08 Å². The summed E-state index contributed by atoms with van der Waals surface area (Å²) in [5.74, 6) is 0. The topological polar surface area (TPSA) is 59.1 Å². The fraction of sp³-hybridized carbons (Fsp3) is 0. The van der Waals surface area contributed by atoms with Gasteiger partial charge in [-0.15, -0.1) is 0 Å². The molecular weight excluding hydrogens is 284 g/mol. The van der Waals surface area contributed by atoms with E-state index in [4.69, 9.17) is 11.6 Å². The third kappa shape index (κ3) is 4.39. The second-order valence-corrected chi connectivity index (χ2v) is 5.75. The quantitative estimate of drug-likeness (QED) is 0.942. The Bertz CT molecular complexity index is 668. The molecule has 0 aliphatic rings. The summed E-state index contributed by atoms with van der Waals surface area (Å²) in [7, 11) is -3.55. The summed E-state index contributed by atoms with van der Waals surface area (Å²) in [6.07, 6.45) is 4.50. The van der Waals surface area contributed by atoms with Gasteiger partial charge >= 0.3 is 0 Å². The zero-order valence-electron chi connectivity index (χ0n) is 9.82. The number of anilines is 1. The number of nitrogens with one attached hydrogen (secondary N) is 1. The zero-order valence-corrected chi connectivity index (χ0v) is 11.4. The second-order valence-electron chi connectivity index (χ2n) is 3.74. The van der Waals surface area contributed by atoms with Gasteiger partial charge in [-0.1, -0.05) is 23.7 Å². The Hall–Kier alpha value is -1.85. The third-order valence-electron chi connectivity index (χ3n) is 2.23. The Morgan fingerprint density at radius 3 is 2.53 bits per heavy atom. The van der Waals surface area contributed by atoms with Gasteiger partial charge in [-0.05, 0) is 35.9 Å². The minimum absolute atomic E-state index is 0.420. The molecule has 0 radical (unpaired) electrons. The number of sulfonamides is 1. The third-order valence-corrected chi connectivity index (χ3v) is 3.50. The molecule has 2 rings (SSSR count). The lowest BCUT2D eigenvalue weighted by atomic mass is 10.2. The molecule has 98 valence electrons. The number of pyridine rings is 1. The smallest absolute Gasteiger partial charge is 0.255 e. The largest absolute Gasteiger partial charge is 0.279 e. The number of hydrogen-bond acceptors (Lipinski definition) is 3. The van der Waals surface area contributed by atoms with Crippen LogP contribution in [0.2, 0.25) is 5.02 Å². The first-order valence-corrected chi connectivity index (χ1v) is 7.34. The van der Waals surface area contributed by atoms with E-state index in [2.05, 4.69) is 9.71 Å². The van der Waals surface area contributed by atoms with Crippen molar-refractivity contribution in [1.29, 1.82) is 0 Å². The molecule has 2 aromatic rings. The highest BCUT2D eigenvalue weighted by atomic mass is 35.5. The predicted molar refractivity (Wildman–Crippen MR) is 77.3 cm³/mol. The monoisotopic (exact) mass is 294 g/mol. The fourth-order valence-electron chi connectivity index (χ4n) is 1.36. The van der Waals surface area contributed by atoms with Crippen LogP contribution in [0, 0.1) is 0 Å². The van der Waals surface area contributed by atoms with Crippen molar-refractivity contribution in [2.24, 2.45) is 0 Å². The molecule has 0 saturated heterocycles. The molecule has 0 aliphatic carbocycles. The van der Waals surface area contributed by atoms with E-state index in [1.807, 2.05) is 0 Å². The number of hydrogen-bond donors (Lipinski definition) is 1. The van der Waals surface area contributed by atoms with E-state index in [-0.39, 0.29) is 0 Å². The lowest BCUT2D eigenvalue weighted by Gasteiger charge is -2.02. The Kier molecular flexibility index (Phi) is 4.19. The molecule has 1 heterocycles. The highest BCUT2D eigenvalue weighted by Gasteiger charge is 2.04. The van der Waals surface area contributed by atoms with Crippen LogP contribution in [0.5, 0.6) is 0 Å². The predicted octanol–water partition coefficient (Wildman–Crippen LogP) is 3.15. The van der Waals surface area contributed by atoms with Crippen LogP contribution in [0.4, 0.5) is 5.69 Å². The molecule has 0 aliphatic heterocycles. The van der Waals surface area contributed by atoms with Crippen LogP contribution in [-0.2, 0) is 10.0 Å². The first-order chi connectivity index (χ1) is 9.05. The van der Waals surface area contributed by atoms with Gasteiger partial charge in [0, 0.05) is 11.2 Å². The first-order valence-electron chi connectivity index (χ1n) is 5.42.